The maximum Gasteiger partial charge on any atom is 0.324 e. The standard InChI is InChI=1S/C16H39NO4Si2/c1-7-18-22(19-8-2)15(5)11-13-17-14-12-16(6)23(20-9-3)21-10-4/h15-17,22-23H,7-14H2,1-6H3. The zero-order valence-corrected chi connectivity index (χ0v) is 18.4. The second kappa shape index (κ2) is 15.7. The van der Waals surface area contributed by atoms with Crippen LogP contribution >= 0.6 is 0 Å². The summed E-state index contributed by atoms with van der Waals surface area (Å²) in [4.78, 5) is 0. The monoisotopic (exact) mass is 365 g/mol. The minimum absolute atomic E-state index is 0.536. The molecule has 0 spiro atoms. The predicted octanol–water partition coefficient (Wildman–Crippen LogP) is 2.72. The van der Waals surface area contributed by atoms with E-state index in [-0.39, 0.29) is 0 Å². The summed E-state index contributed by atoms with van der Waals surface area (Å²) in [5.41, 5.74) is 1.07. The normalized spacial score (nSPS) is 14.6. The number of nitrogens with one attached hydrogen (secondary N) is 1. The average molecular weight is 366 g/mol. The summed E-state index contributed by atoms with van der Waals surface area (Å²) < 4.78 is 23.1. The Bertz CT molecular complexity index is 226. The van der Waals surface area contributed by atoms with E-state index in [1.54, 1.807) is 0 Å². The van der Waals surface area contributed by atoms with Gasteiger partial charge in [0, 0.05) is 26.4 Å². The molecule has 7 heteroatoms. The fourth-order valence-electron chi connectivity index (χ4n) is 2.47. The minimum atomic E-state index is -1.51. The zero-order chi connectivity index (χ0) is 17.5. The van der Waals surface area contributed by atoms with Gasteiger partial charge in [-0.25, -0.2) is 0 Å². The maximum atomic E-state index is 5.79. The van der Waals surface area contributed by atoms with Crippen LogP contribution in [0.4, 0.5) is 0 Å². The first-order valence-electron chi connectivity index (χ1n) is 9.27. The van der Waals surface area contributed by atoms with Gasteiger partial charge in [0.1, 0.15) is 0 Å². The summed E-state index contributed by atoms with van der Waals surface area (Å²) in [6.45, 7) is 17.7. The van der Waals surface area contributed by atoms with Crippen molar-refractivity contribution >= 4 is 18.6 Å². The SMILES string of the molecule is CCO[SiH](OCC)C(C)CCNCCC(C)[SiH](OCC)OCC. The molecule has 0 aliphatic rings. The first-order chi connectivity index (χ1) is 11.1. The molecule has 0 saturated heterocycles. The lowest BCUT2D eigenvalue weighted by Crippen LogP contribution is -2.32. The van der Waals surface area contributed by atoms with Crippen LogP contribution in [0.25, 0.3) is 0 Å². The Morgan fingerprint density at radius 1 is 0.652 bits per heavy atom. The molecule has 0 aromatic carbocycles. The van der Waals surface area contributed by atoms with Crippen LogP contribution in [0.2, 0.25) is 11.1 Å². The van der Waals surface area contributed by atoms with Crippen LogP contribution in [-0.2, 0) is 17.7 Å². The van der Waals surface area contributed by atoms with Gasteiger partial charge >= 0.3 is 18.6 Å². The van der Waals surface area contributed by atoms with Gasteiger partial charge < -0.3 is 23.0 Å². The van der Waals surface area contributed by atoms with E-state index in [2.05, 4.69) is 19.2 Å². The van der Waals surface area contributed by atoms with Crippen LogP contribution in [0, 0.1) is 0 Å². The first kappa shape index (κ1) is 23.2. The predicted molar refractivity (Wildman–Crippen MR) is 102 cm³/mol. The van der Waals surface area contributed by atoms with Gasteiger partial charge in [-0.05, 0) is 64.7 Å². The van der Waals surface area contributed by atoms with Crippen molar-refractivity contribution in [2.45, 2.75) is 65.5 Å². The van der Waals surface area contributed by atoms with Crippen molar-refractivity contribution in [3.8, 4) is 0 Å². The number of hydrogen-bond acceptors (Lipinski definition) is 5. The Morgan fingerprint density at radius 3 is 1.22 bits per heavy atom. The van der Waals surface area contributed by atoms with Crippen LogP contribution in [0.1, 0.15) is 54.4 Å². The van der Waals surface area contributed by atoms with Crippen molar-refractivity contribution in [1.29, 1.82) is 0 Å². The molecule has 2 unspecified atom stereocenters. The highest BCUT2D eigenvalue weighted by Gasteiger charge is 2.22. The van der Waals surface area contributed by atoms with E-state index in [4.69, 9.17) is 17.7 Å². The van der Waals surface area contributed by atoms with E-state index >= 15 is 0 Å². The van der Waals surface area contributed by atoms with Crippen LogP contribution < -0.4 is 5.32 Å². The Balaban J connectivity index is 3.88. The fraction of sp³-hybridized carbons (Fsp3) is 1.00. The summed E-state index contributed by atoms with van der Waals surface area (Å²) in [7, 11) is -3.01. The summed E-state index contributed by atoms with van der Waals surface area (Å²) in [5, 5.41) is 3.55. The molecular weight excluding hydrogens is 326 g/mol. The highest BCUT2D eigenvalue weighted by molar-refractivity contribution is 6.46. The molecule has 0 aliphatic carbocycles. The molecule has 0 bridgehead atoms. The second-order valence-corrected chi connectivity index (χ2v) is 10.9. The summed E-state index contributed by atoms with van der Waals surface area (Å²) in [6, 6.07) is 0. The zero-order valence-electron chi connectivity index (χ0n) is 16.1. The third-order valence-corrected chi connectivity index (χ3v) is 8.98. The highest BCUT2D eigenvalue weighted by Crippen LogP contribution is 2.17. The Labute approximate surface area is 147 Å². The third kappa shape index (κ3) is 11.4. The van der Waals surface area contributed by atoms with E-state index in [1.165, 1.54) is 0 Å². The lowest BCUT2D eigenvalue weighted by molar-refractivity contribution is 0.203. The Kier molecular flexibility index (Phi) is 15.9. The van der Waals surface area contributed by atoms with Crippen molar-refractivity contribution in [3.63, 3.8) is 0 Å². The van der Waals surface area contributed by atoms with Crippen molar-refractivity contribution in [2.24, 2.45) is 0 Å². The molecule has 23 heavy (non-hydrogen) atoms. The molecule has 0 aliphatic heterocycles. The van der Waals surface area contributed by atoms with Crippen molar-refractivity contribution in [2.75, 3.05) is 39.5 Å². The number of hydrogen-bond donors (Lipinski definition) is 1. The van der Waals surface area contributed by atoms with Gasteiger partial charge in [0.2, 0.25) is 0 Å². The van der Waals surface area contributed by atoms with Gasteiger partial charge in [0.05, 0.1) is 0 Å². The quantitative estimate of drug-likeness (QED) is 0.337. The fourth-order valence-corrected chi connectivity index (χ4v) is 6.17. The maximum absolute atomic E-state index is 5.79. The van der Waals surface area contributed by atoms with Crippen LogP contribution in [-0.4, -0.2) is 58.1 Å². The molecule has 0 aromatic rings. The van der Waals surface area contributed by atoms with Crippen molar-refractivity contribution < 1.29 is 17.7 Å². The van der Waals surface area contributed by atoms with Crippen LogP contribution in [0.5, 0.6) is 0 Å². The smallest absolute Gasteiger partial charge is 0.324 e. The molecule has 0 amide bonds. The summed E-state index contributed by atoms with van der Waals surface area (Å²) >= 11 is 0. The second-order valence-electron chi connectivity index (χ2n) is 5.84. The van der Waals surface area contributed by atoms with Gasteiger partial charge in [0.25, 0.3) is 0 Å². The third-order valence-electron chi connectivity index (χ3n) is 3.81. The molecule has 5 nitrogen and oxygen atoms in total. The van der Waals surface area contributed by atoms with Crippen molar-refractivity contribution in [3.05, 3.63) is 0 Å². The molecule has 0 rings (SSSR count). The molecule has 140 valence electrons. The molecule has 2 atom stereocenters. The molecule has 0 fully saturated rings. The molecule has 0 saturated carbocycles. The van der Waals surface area contributed by atoms with Gasteiger partial charge in [-0.15, -0.1) is 0 Å². The Morgan fingerprint density at radius 2 is 0.957 bits per heavy atom. The molecule has 1 N–H and O–H groups in total. The van der Waals surface area contributed by atoms with E-state index in [9.17, 15) is 0 Å². The van der Waals surface area contributed by atoms with Crippen LogP contribution in [0.3, 0.4) is 0 Å². The average Bonchev–Trinajstić information content (AvgIpc) is 2.53. The molecule has 0 aromatic heterocycles. The van der Waals surface area contributed by atoms with Crippen LogP contribution in [0.15, 0.2) is 0 Å². The summed E-state index contributed by atoms with van der Waals surface area (Å²) in [5.74, 6) is 0. The first-order valence-corrected chi connectivity index (χ1v) is 12.5. The van der Waals surface area contributed by atoms with Gasteiger partial charge in [-0.1, -0.05) is 13.8 Å². The molecule has 0 heterocycles. The molecular formula is C16H39NO4Si2. The lowest BCUT2D eigenvalue weighted by atomic mass is 10.3. The number of rotatable bonds is 16. The van der Waals surface area contributed by atoms with E-state index in [0.717, 1.165) is 52.4 Å². The van der Waals surface area contributed by atoms with E-state index < -0.39 is 18.6 Å². The lowest BCUT2D eigenvalue weighted by Gasteiger charge is -2.23. The van der Waals surface area contributed by atoms with Gasteiger partial charge in [-0.2, -0.15) is 0 Å². The van der Waals surface area contributed by atoms with Gasteiger partial charge in [-0.3, -0.25) is 0 Å². The Hall–Kier alpha value is 0.234. The topological polar surface area (TPSA) is 49.0 Å². The minimum Gasteiger partial charge on any atom is -0.397 e. The molecule has 0 radical (unpaired) electrons. The summed E-state index contributed by atoms with van der Waals surface area (Å²) in [6.07, 6.45) is 2.23. The highest BCUT2D eigenvalue weighted by atomic mass is 28.3. The van der Waals surface area contributed by atoms with E-state index in [1.807, 2.05) is 27.7 Å². The largest absolute Gasteiger partial charge is 0.397 e. The van der Waals surface area contributed by atoms with Crippen molar-refractivity contribution in [1.82, 2.24) is 5.32 Å². The van der Waals surface area contributed by atoms with Gasteiger partial charge in [0.15, 0.2) is 0 Å². The van der Waals surface area contributed by atoms with E-state index in [0.29, 0.717) is 11.1 Å².